The van der Waals surface area contributed by atoms with Gasteiger partial charge in [0.15, 0.2) is 0 Å². The van der Waals surface area contributed by atoms with Gasteiger partial charge >= 0.3 is 0 Å². The third kappa shape index (κ3) is 3.17. The van der Waals surface area contributed by atoms with Crippen LogP contribution in [-0.4, -0.2) is 17.3 Å². The molecule has 120 valence electrons. The van der Waals surface area contributed by atoms with Gasteiger partial charge in [0.25, 0.3) is 0 Å². The van der Waals surface area contributed by atoms with Gasteiger partial charge in [-0.25, -0.2) is 0 Å². The van der Waals surface area contributed by atoms with E-state index in [1.54, 1.807) is 6.07 Å². The van der Waals surface area contributed by atoms with E-state index in [1.807, 2.05) is 29.7 Å². The van der Waals surface area contributed by atoms with Crippen molar-refractivity contribution in [3.63, 3.8) is 0 Å². The van der Waals surface area contributed by atoms with Crippen molar-refractivity contribution in [3.05, 3.63) is 41.1 Å². The fourth-order valence-electron chi connectivity index (χ4n) is 2.82. The van der Waals surface area contributed by atoms with Gasteiger partial charge in [-0.05, 0) is 49.9 Å². The van der Waals surface area contributed by atoms with Crippen molar-refractivity contribution < 1.29 is 9.47 Å². The van der Waals surface area contributed by atoms with Crippen LogP contribution in [0.15, 0.2) is 24.3 Å². The number of hydrogen-bond donors (Lipinski definition) is 1. The molecule has 0 bridgehead atoms. The van der Waals surface area contributed by atoms with Gasteiger partial charge in [0.05, 0.1) is 18.3 Å². The van der Waals surface area contributed by atoms with Crippen LogP contribution in [0.4, 0.5) is 5.69 Å². The summed E-state index contributed by atoms with van der Waals surface area (Å²) in [5.74, 6) is 1.23. The highest BCUT2D eigenvalue weighted by atomic mass is 16.5. The van der Waals surface area contributed by atoms with Gasteiger partial charge < -0.3 is 15.2 Å². The Morgan fingerprint density at radius 2 is 2.17 bits per heavy atom. The molecule has 0 radical (unpaired) electrons. The SMILES string of the molecule is Cc1ccc(Oc2c(N)cc(C#N)n2C[C@H]2CCCO2)cc1C. The normalized spacial score (nSPS) is 17.2. The minimum absolute atomic E-state index is 0.107. The molecule has 2 aromatic rings. The molecule has 0 saturated carbocycles. The Hall–Kier alpha value is -2.45. The Balaban J connectivity index is 1.92. The quantitative estimate of drug-likeness (QED) is 0.937. The zero-order valence-corrected chi connectivity index (χ0v) is 13.5. The number of nitrogen functional groups attached to an aromatic ring is 1. The molecule has 2 N–H and O–H groups in total. The van der Waals surface area contributed by atoms with Crippen molar-refractivity contribution in [1.82, 2.24) is 4.57 Å². The summed E-state index contributed by atoms with van der Waals surface area (Å²) >= 11 is 0. The number of aromatic nitrogens is 1. The lowest BCUT2D eigenvalue weighted by Crippen LogP contribution is -2.16. The zero-order chi connectivity index (χ0) is 16.4. The van der Waals surface area contributed by atoms with Crippen molar-refractivity contribution in [2.45, 2.75) is 39.3 Å². The summed E-state index contributed by atoms with van der Waals surface area (Å²) in [5, 5.41) is 9.35. The van der Waals surface area contributed by atoms with E-state index >= 15 is 0 Å². The molecule has 1 aliphatic rings. The van der Waals surface area contributed by atoms with E-state index in [1.165, 1.54) is 5.56 Å². The molecule has 0 spiro atoms. The van der Waals surface area contributed by atoms with E-state index in [9.17, 15) is 5.26 Å². The van der Waals surface area contributed by atoms with Gasteiger partial charge in [-0.15, -0.1) is 0 Å². The number of rotatable bonds is 4. The maximum atomic E-state index is 9.35. The molecule has 0 aliphatic carbocycles. The molecule has 1 aliphatic heterocycles. The predicted molar refractivity (Wildman–Crippen MR) is 88.5 cm³/mol. The second-order valence-electron chi connectivity index (χ2n) is 6.00. The Morgan fingerprint density at radius 1 is 1.35 bits per heavy atom. The first kappa shape index (κ1) is 15.4. The van der Waals surface area contributed by atoms with E-state index < -0.39 is 0 Å². The van der Waals surface area contributed by atoms with E-state index in [2.05, 4.69) is 13.0 Å². The van der Waals surface area contributed by atoms with Crippen molar-refractivity contribution in [2.75, 3.05) is 12.3 Å². The van der Waals surface area contributed by atoms with Crippen molar-refractivity contribution >= 4 is 5.69 Å². The van der Waals surface area contributed by atoms with Gasteiger partial charge in [0, 0.05) is 12.7 Å². The molecule has 1 atom stereocenters. The topological polar surface area (TPSA) is 73.2 Å². The van der Waals surface area contributed by atoms with Crippen LogP contribution in [0.1, 0.15) is 29.7 Å². The molecule has 0 unspecified atom stereocenters. The van der Waals surface area contributed by atoms with Crippen LogP contribution in [0.25, 0.3) is 0 Å². The highest BCUT2D eigenvalue weighted by Gasteiger charge is 2.22. The summed E-state index contributed by atoms with van der Waals surface area (Å²) in [6.07, 6.45) is 2.15. The minimum Gasteiger partial charge on any atom is -0.439 e. The summed E-state index contributed by atoms with van der Waals surface area (Å²) < 4.78 is 13.5. The summed E-state index contributed by atoms with van der Waals surface area (Å²) in [6, 6.07) is 9.75. The van der Waals surface area contributed by atoms with Crippen LogP contribution < -0.4 is 10.5 Å². The number of nitriles is 1. The lowest BCUT2D eigenvalue weighted by Gasteiger charge is -2.16. The van der Waals surface area contributed by atoms with Crippen LogP contribution in [0.3, 0.4) is 0 Å². The second kappa shape index (κ2) is 6.35. The number of hydrogen-bond acceptors (Lipinski definition) is 4. The number of benzene rings is 1. The van der Waals surface area contributed by atoms with Gasteiger partial charge in [-0.2, -0.15) is 5.26 Å². The smallest absolute Gasteiger partial charge is 0.224 e. The highest BCUT2D eigenvalue weighted by Crippen LogP contribution is 2.33. The second-order valence-corrected chi connectivity index (χ2v) is 6.00. The number of nitrogens with zero attached hydrogens (tertiary/aromatic N) is 2. The number of anilines is 1. The van der Waals surface area contributed by atoms with Crippen LogP contribution in [0, 0.1) is 25.2 Å². The molecule has 23 heavy (non-hydrogen) atoms. The summed E-state index contributed by atoms with van der Waals surface area (Å²) in [4.78, 5) is 0. The molecule has 1 fully saturated rings. The lowest BCUT2D eigenvalue weighted by molar-refractivity contribution is 0.0952. The van der Waals surface area contributed by atoms with Gasteiger partial charge in [-0.3, -0.25) is 4.57 Å². The monoisotopic (exact) mass is 311 g/mol. The molecule has 0 amide bonds. The van der Waals surface area contributed by atoms with E-state index in [-0.39, 0.29) is 6.10 Å². The first-order valence-corrected chi connectivity index (χ1v) is 7.84. The number of nitrogens with two attached hydrogens (primary N) is 1. The minimum atomic E-state index is 0.107. The molecule has 1 aromatic carbocycles. The highest BCUT2D eigenvalue weighted by molar-refractivity contribution is 5.56. The Kier molecular flexibility index (Phi) is 4.26. The third-order valence-corrected chi connectivity index (χ3v) is 4.29. The summed E-state index contributed by atoms with van der Waals surface area (Å²) in [6.45, 7) is 5.45. The average Bonchev–Trinajstić information content (AvgIpc) is 3.14. The molecular weight excluding hydrogens is 290 g/mol. The summed E-state index contributed by atoms with van der Waals surface area (Å²) in [5.41, 5.74) is 9.40. The van der Waals surface area contributed by atoms with E-state index in [0.29, 0.717) is 23.8 Å². The van der Waals surface area contributed by atoms with E-state index in [0.717, 1.165) is 30.8 Å². The largest absolute Gasteiger partial charge is 0.439 e. The maximum absolute atomic E-state index is 9.35. The van der Waals surface area contributed by atoms with Crippen LogP contribution >= 0.6 is 0 Å². The predicted octanol–water partition coefficient (Wildman–Crippen LogP) is 3.53. The van der Waals surface area contributed by atoms with Crippen LogP contribution in [0.5, 0.6) is 11.6 Å². The lowest BCUT2D eigenvalue weighted by atomic mass is 10.1. The Labute approximate surface area is 136 Å². The maximum Gasteiger partial charge on any atom is 0.224 e. The van der Waals surface area contributed by atoms with Crippen molar-refractivity contribution in [3.8, 4) is 17.7 Å². The molecule has 5 nitrogen and oxygen atoms in total. The van der Waals surface area contributed by atoms with Gasteiger partial charge in [0.2, 0.25) is 5.88 Å². The Bertz CT molecular complexity index is 752. The summed E-state index contributed by atoms with van der Waals surface area (Å²) in [7, 11) is 0. The van der Waals surface area contributed by atoms with Crippen molar-refractivity contribution in [2.24, 2.45) is 0 Å². The molecule has 2 heterocycles. The third-order valence-electron chi connectivity index (χ3n) is 4.29. The van der Waals surface area contributed by atoms with Gasteiger partial charge in [0.1, 0.15) is 17.5 Å². The molecule has 5 heteroatoms. The van der Waals surface area contributed by atoms with Gasteiger partial charge in [-0.1, -0.05) is 6.07 Å². The molecule has 1 saturated heterocycles. The molecule has 3 rings (SSSR count). The van der Waals surface area contributed by atoms with Crippen LogP contribution in [0.2, 0.25) is 0 Å². The fraction of sp³-hybridized carbons (Fsp3) is 0.389. The molecule has 1 aromatic heterocycles. The first-order valence-electron chi connectivity index (χ1n) is 7.84. The fourth-order valence-corrected chi connectivity index (χ4v) is 2.82. The number of aryl methyl sites for hydroxylation is 2. The van der Waals surface area contributed by atoms with Crippen LogP contribution in [-0.2, 0) is 11.3 Å². The van der Waals surface area contributed by atoms with E-state index in [4.69, 9.17) is 15.2 Å². The molecular formula is C18H21N3O2. The Morgan fingerprint density at radius 3 is 2.83 bits per heavy atom. The standard InChI is InChI=1S/C18H21N3O2/c1-12-5-6-15(8-13(12)2)23-18-17(20)9-14(10-19)21(18)11-16-4-3-7-22-16/h5-6,8-9,16H,3-4,7,11,20H2,1-2H3/t16-/m1/s1. The van der Waals surface area contributed by atoms with Crippen molar-refractivity contribution in [1.29, 1.82) is 5.26 Å². The zero-order valence-electron chi connectivity index (χ0n) is 13.5. The average molecular weight is 311 g/mol. The number of ether oxygens (including phenoxy) is 2. The first-order chi connectivity index (χ1) is 11.1.